The van der Waals surface area contributed by atoms with Gasteiger partial charge in [0.15, 0.2) is 5.78 Å². The lowest BCUT2D eigenvalue weighted by Crippen LogP contribution is -2.01. The van der Waals surface area contributed by atoms with E-state index < -0.39 is 0 Å². The molecule has 0 aromatic carbocycles. The number of aromatic nitrogens is 2. The van der Waals surface area contributed by atoms with Crippen LogP contribution in [0.2, 0.25) is 0 Å². The molecule has 0 aliphatic heterocycles. The van der Waals surface area contributed by atoms with E-state index in [1.807, 2.05) is 0 Å². The van der Waals surface area contributed by atoms with E-state index in [4.69, 9.17) is 0 Å². The van der Waals surface area contributed by atoms with Gasteiger partial charge in [0.2, 0.25) is 0 Å². The molecule has 1 N–H and O–H groups in total. The second-order valence-corrected chi connectivity index (χ2v) is 5.71. The summed E-state index contributed by atoms with van der Waals surface area (Å²) in [4.78, 5) is 11.4. The summed E-state index contributed by atoms with van der Waals surface area (Å²) >= 11 is 0. The lowest BCUT2D eigenvalue weighted by molar-refractivity contribution is 0.101. The first-order valence-electron chi connectivity index (χ1n) is 6.17. The van der Waals surface area contributed by atoms with E-state index in [2.05, 4.69) is 24.0 Å². The largest absolute Gasteiger partial charge is 0.293 e. The Morgan fingerprint density at radius 1 is 1.56 bits per heavy atom. The zero-order chi connectivity index (χ0) is 11.4. The van der Waals surface area contributed by atoms with Crippen LogP contribution in [0.3, 0.4) is 0 Å². The van der Waals surface area contributed by atoms with Crippen LogP contribution in [0, 0.1) is 17.8 Å². The van der Waals surface area contributed by atoms with Gasteiger partial charge >= 0.3 is 0 Å². The Bertz CT molecular complexity index is 447. The maximum Gasteiger partial charge on any atom is 0.180 e. The van der Waals surface area contributed by atoms with Gasteiger partial charge in [-0.15, -0.1) is 0 Å². The van der Waals surface area contributed by atoms with Crippen molar-refractivity contribution in [3.63, 3.8) is 0 Å². The molecule has 2 aliphatic carbocycles. The number of rotatable bonds is 3. The lowest BCUT2D eigenvalue weighted by atomic mass is 9.98. The van der Waals surface area contributed by atoms with Crippen molar-refractivity contribution in [2.24, 2.45) is 17.8 Å². The Labute approximate surface area is 95.6 Å². The molecule has 0 bridgehead atoms. The number of carbonyl (C=O) groups excluding carboxylic acids is 1. The van der Waals surface area contributed by atoms with Crippen LogP contribution in [0.4, 0.5) is 0 Å². The number of aromatic amines is 1. The van der Waals surface area contributed by atoms with Crippen molar-refractivity contribution in [3.8, 4) is 0 Å². The second-order valence-electron chi connectivity index (χ2n) is 5.71. The van der Waals surface area contributed by atoms with Gasteiger partial charge in [-0.25, -0.2) is 0 Å². The number of nitrogens with zero attached hydrogens (tertiary/aromatic N) is 1. The highest BCUT2D eigenvalue weighted by molar-refractivity contribution is 5.94. The van der Waals surface area contributed by atoms with Crippen LogP contribution in [-0.2, 0) is 6.42 Å². The Kier molecular flexibility index (Phi) is 2.00. The zero-order valence-electron chi connectivity index (χ0n) is 10.1. The maximum atomic E-state index is 11.4. The van der Waals surface area contributed by atoms with Crippen LogP contribution in [0.15, 0.2) is 0 Å². The van der Waals surface area contributed by atoms with Crippen molar-refractivity contribution in [2.75, 3.05) is 0 Å². The Balaban J connectivity index is 1.83. The van der Waals surface area contributed by atoms with Crippen molar-refractivity contribution in [1.29, 1.82) is 0 Å². The highest BCUT2D eigenvalue weighted by Gasteiger charge is 2.57. The minimum atomic E-state index is 0.0965. The summed E-state index contributed by atoms with van der Waals surface area (Å²) in [6.45, 7) is 6.16. The highest BCUT2D eigenvalue weighted by Crippen LogP contribution is 2.63. The number of Topliss-reactive ketones (excluding diaryl/α,β-unsaturated/α-hetero) is 1. The van der Waals surface area contributed by atoms with Gasteiger partial charge in [0.1, 0.15) is 5.69 Å². The van der Waals surface area contributed by atoms with Gasteiger partial charge < -0.3 is 0 Å². The molecule has 3 rings (SSSR count). The van der Waals surface area contributed by atoms with Crippen LogP contribution in [0.5, 0.6) is 0 Å². The minimum Gasteiger partial charge on any atom is -0.293 e. The summed E-state index contributed by atoms with van der Waals surface area (Å²) in [6.07, 6.45) is 2.38. The smallest absolute Gasteiger partial charge is 0.180 e. The van der Waals surface area contributed by atoms with E-state index in [1.54, 1.807) is 6.92 Å². The molecule has 3 atom stereocenters. The maximum absolute atomic E-state index is 11.4. The van der Waals surface area contributed by atoms with Crippen LogP contribution >= 0.6 is 0 Å². The highest BCUT2D eigenvalue weighted by atomic mass is 16.1. The molecule has 2 aliphatic rings. The van der Waals surface area contributed by atoms with E-state index >= 15 is 0 Å². The SMILES string of the molecule is CC(=O)c1n[nH]c2c1C[C@H]1[C@@H](CC(C)C)[C@@H]21. The average Bonchev–Trinajstić information content (AvgIpc) is 2.60. The van der Waals surface area contributed by atoms with Crippen LogP contribution in [0.1, 0.15) is 54.9 Å². The minimum absolute atomic E-state index is 0.0965. The quantitative estimate of drug-likeness (QED) is 0.792. The molecule has 1 saturated carbocycles. The fourth-order valence-electron chi connectivity index (χ4n) is 3.41. The third-order valence-corrected chi connectivity index (χ3v) is 4.08. The molecule has 1 fully saturated rings. The molecule has 1 aromatic rings. The number of hydrogen-bond donors (Lipinski definition) is 1. The monoisotopic (exact) mass is 218 g/mol. The Hall–Kier alpha value is -1.12. The average molecular weight is 218 g/mol. The van der Waals surface area contributed by atoms with Crippen molar-refractivity contribution in [3.05, 3.63) is 17.0 Å². The predicted octanol–water partition coefficient (Wildman–Crippen LogP) is 2.54. The van der Waals surface area contributed by atoms with Gasteiger partial charge in [-0.05, 0) is 30.6 Å². The number of ketones is 1. The topological polar surface area (TPSA) is 45.8 Å². The van der Waals surface area contributed by atoms with E-state index in [0.717, 1.165) is 24.2 Å². The first-order chi connectivity index (χ1) is 7.59. The fourth-order valence-corrected chi connectivity index (χ4v) is 3.41. The van der Waals surface area contributed by atoms with Crippen molar-refractivity contribution >= 4 is 5.78 Å². The second kappa shape index (κ2) is 3.19. The number of carbonyl (C=O) groups is 1. The van der Waals surface area contributed by atoms with Gasteiger partial charge in [0.05, 0.1) is 0 Å². The molecule has 86 valence electrons. The van der Waals surface area contributed by atoms with Crippen LogP contribution < -0.4 is 0 Å². The van der Waals surface area contributed by atoms with Crippen molar-refractivity contribution in [2.45, 2.75) is 39.5 Å². The Morgan fingerprint density at radius 2 is 2.31 bits per heavy atom. The predicted molar refractivity (Wildman–Crippen MR) is 61.5 cm³/mol. The summed E-state index contributed by atoms with van der Waals surface area (Å²) in [5.74, 6) is 3.18. The van der Waals surface area contributed by atoms with Crippen molar-refractivity contribution < 1.29 is 4.79 Å². The third kappa shape index (κ3) is 1.27. The van der Waals surface area contributed by atoms with Crippen molar-refractivity contribution in [1.82, 2.24) is 10.2 Å². The third-order valence-electron chi connectivity index (χ3n) is 4.08. The molecule has 0 saturated heterocycles. The van der Waals surface area contributed by atoms with E-state index in [1.165, 1.54) is 17.7 Å². The summed E-state index contributed by atoms with van der Waals surface area (Å²) in [5, 5.41) is 7.24. The first-order valence-corrected chi connectivity index (χ1v) is 6.17. The molecule has 0 spiro atoms. The lowest BCUT2D eigenvalue weighted by Gasteiger charge is -2.06. The molecular weight excluding hydrogens is 200 g/mol. The van der Waals surface area contributed by atoms with Gasteiger partial charge in [0.25, 0.3) is 0 Å². The fraction of sp³-hybridized carbons (Fsp3) is 0.692. The summed E-state index contributed by atoms with van der Waals surface area (Å²) in [5.41, 5.74) is 3.16. The standard InChI is InChI=1S/C13H18N2O/c1-6(2)4-8-9-5-10-12(7(3)16)14-15-13(10)11(8)9/h6,8-9,11H,4-5H2,1-3H3,(H,14,15)/t8-,9+,11-/m1/s1. The summed E-state index contributed by atoms with van der Waals surface area (Å²) in [6, 6.07) is 0. The van der Waals surface area contributed by atoms with Crippen LogP contribution in [0.25, 0.3) is 0 Å². The Morgan fingerprint density at radius 3 is 2.94 bits per heavy atom. The summed E-state index contributed by atoms with van der Waals surface area (Å²) in [7, 11) is 0. The molecule has 1 aromatic heterocycles. The van der Waals surface area contributed by atoms with E-state index in [9.17, 15) is 4.79 Å². The molecular formula is C13H18N2O. The molecule has 1 heterocycles. The number of H-pyrrole nitrogens is 1. The molecule has 0 radical (unpaired) electrons. The van der Waals surface area contributed by atoms with Crippen LogP contribution in [-0.4, -0.2) is 16.0 Å². The number of fused-ring (bicyclic) bond motifs is 3. The molecule has 0 amide bonds. The summed E-state index contributed by atoms with van der Waals surface area (Å²) < 4.78 is 0. The number of nitrogens with one attached hydrogen (secondary N) is 1. The number of hydrogen-bond acceptors (Lipinski definition) is 2. The molecule has 3 heteroatoms. The molecule has 3 nitrogen and oxygen atoms in total. The molecule has 0 unspecified atom stereocenters. The molecule has 16 heavy (non-hydrogen) atoms. The van der Waals surface area contributed by atoms with Gasteiger partial charge in [0, 0.05) is 24.1 Å². The van der Waals surface area contributed by atoms with Gasteiger partial charge in [-0.3, -0.25) is 9.89 Å². The van der Waals surface area contributed by atoms with E-state index in [0.29, 0.717) is 11.6 Å². The first kappa shape index (κ1) is 10.1. The van der Waals surface area contributed by atoms with E-state index in [-0.39, 0.29) is 5.78 Å². The normalized spacial score (nSPS) is 30.4. The van der Waals surface area contributed by atoms with Gasteiger partial charge in [-0.1, -0.05) is 13.8 Å². The van der Waals surface area contributed by atoms with Gasteiger partial charge in [-0.2, -0.15) is 5.10 Å². The zero-order valence-corrected chi connectivity index (χ0v) is 10.1.